The van der Waals surface area contributed by atoms with Gasteiger partial charge in [0.2, 0.25) is 0 Å². The summed E-state index contributed by atoms with van der Waals surface area (Å²) < 4.78 is 5.49. The van der Waals surface area contributed by atoms with Gasteiger partial charge >= 0.3 is 0 Å². The fourth-order valence-corrected chi connectivity index (χ4v) is 2.98. The molecule has 0 radical (unpaired) electrons. The van der Waals surface area contributed by atoms with Gasteiger partial charge in [0.1, 0.15) is 0 Å². The smallest absolute Gasteiger partial charge is 0.0506 e. The molecule has 1 saturated carbocycles. The van der Waals surface area contributed by atoms with Crippen LogP contribution in [0.5, 0.6) is 0 Å². The van der Waals surface area contributed by atoms with Crippen LogP contribution in [0.25, 0.3) is 0 Å². The molecule has 1 aliphatic carbocycles. The van der Waals surface area contributed by atoms with Crippen LogP contribution in [0.2, 0.25) is 0 Å². The minimum absolute atomic E-state index is 0.346. The first-order valence-electron chi connectivity index (χ1n) is 6.82. The second-order valence-electron chi connectivity index (χ2n) is 5.33. The van der Waals surface area contributed by atoms with E-state index in [1.807, 2.05) is 0 Å². The van der Waals surface area contributed by atoms with Crippen molar-refractivity contribution in [3.8, 4) is 0 Å². The fourth-order valence-electron chi connectivity index (χ4n) is 2.98. The van der Waals surface area contributed by atoms with Gasteiger partial charge in [-0.25, -0.2) is 0 Å². The second kappa shape index (κ2) is 6.58. The van der Waals surface area contributed by atoms with E-state index in [0.29, 0.717) is 24.5 Å². The predicted molar refractivity (Wildman–Crippen MR) is 64.4 cm³/mol. The number of ether oxygens (including phenoxy) is 1. The number of hydrogen-bond donors (Lipinski definition) is 2. The van der Waals surface area contributed by atoms with Crippen molar-refractivity contribution < 1.29 is 9.84 Å². The van der Waals surface area contributed by atoms with Gasteiger partial charge < -0.3 is 15.2 Å². The summed E-state index contributed by atoms with van der Waals surface area (Å²) in [7, 11) is 0. The summed E-state index contributed by atoms with van der Waals surface area (Å²) in [5, 5.41) is 13.0. The molecule has 2 aliphatic rings. The van der Waals surface area contributed by atoms with Crippen molar-refractivity contribution in [2.75, 3.05) is 26.4 Å². The van der Waals surface area contributed by atoms with E-state index in [9.17, 15) is 5.11 Å². The number of rotatable bonds is 4. The van der Waals surface area contributed by atoms with E-state index in [0.717, 1.165) is 19.8 Å². The molecule has 16 heavy (non-hydrogen) atoms. The quantitative estimate of drug-likeness (QED) is 0.766. The summed E-state index contributed by atoms with van der Waals surface area (Å²) in [6, 6.07) is 0.542. The van der Waals surface area contributed by atoms with E-state index in [2.05, 4.69) is 5.32 Å². The SMILES string of the molecule is OCC1CCCCC1NCC1CCCOC1. The van der Waals surface area contributed by atoms with Gasteiger partial charge in [0.15, 0.2) is 0 Å². The molecule has 0 bridgehead atoms. The van der Waals surface area contributed by atoms with Gasteiger partial charge in [-0.15, -0.1) is 0 Å². The van der Waals surface area contributed by atoms with Crippen LogP contribution in [-0.4, -0.2) is 37.5 Å². The van der Waals surface area contributed by atoms with Crippen molar-refractivity contribution in [2.45, 2.75) is 44.6 Å². The van der Waals surface area contributed by atoms with E-state index in [4.69, 9.17) is 4.74 Å². The predicted octanol–water partition coefficient (Wildman–Crippen LogP) is 1.55. The Bertz CT molecular complexity index is 192. The molecule has 1 heterocycles. The normalized spacial score (nSPS) is 36.2. The molecular formula is C13H25NO2. The van der Waals surface area contributed by atoms with Crippen LogP contribution >= 0.6 is 0 Å². The highest BCUT2D eigenvalue weighted by Crippen LogP contribution is 2.24. The molecule has 2 fully saturated rings. The molecule has 0 amide bonds. The first-order valence-corrected chi connectivity index (χ1v) is 6.82. The van der Waals surface area contributed by atoms with Crippen LogP contribution in [0.15, 0.2) is 0 Å². The maximum Gasteiger partial charge on any atom is 0.0506 e. The standard InChI is InChI=1S/C13H25NO2/c15-9-12-5-1-2-6-13(12)14-8-11-4-3-7-16-10-11/h11-15H,1-10H2. The minimum Gasteiger partial charge on any atom is -0.396 e. The molecule has 3 nitrogen and oxygen atoms in total. The Labute approximate surface area is 98.6 Å². The van der Waals surface area contributed by atoms with Gasteiger partial charge in [-0.2, -0.15) is 0 Å². The molecular weight excluding hydrogens is 202 g/mol. The topological polar surface area (TPSA) is 41.5 Å². The highest BCUT2D eigenvalue weighted by molar-refractivity contribution is 4.81. The van der Waals surface area contributed by atoms with Gasteiger partial charge in [-0.1, -0.05) is 12.8 Å². The van der Waals surface area contributed by atoms with Crippen LogP contribution in [-0.2, 0) is 4.74 Å². The van der Waals surface area contributed by atoms with Gasteiger partial charge in [-0.05, 0) is 37.5 Å². The lowest BCUT2D eigenvalue weighted by Gasteiger charge is -2.33. The van der Waals surface area contributed by atoms with Crippen LogP contribution in [0.4, 0.5) is 0 Å². The van der Waals surface area contributed by atoms with E-state index in [1.54, 1.807) is 0 Å². The Morgan fingerprint density at radius 3 is 2.75 bits per heavy atom. The van der Waals surface area contributed by atoms with Gasteiger partial charge in [-0.3, -0.25) is 0 Å². The Morgan fingerprint density at radius 2 is 2.00 bits per heavy atom. The highest BCUT2D eigenvalue weighted by atomic mass is 16.5. The molecule has 0 spiro atoms. The average molecular weight is 227 g/mol. The molecule has 94 valence electrons. The summed E-state index contributed by atoms with van der Waals surface area (Å²) in [6.07, 6.45) is 7.53. The Balaban J connectivity index is 1.70. The van der Waals surface area contributed by atoms with Crippen molar-refractivity contribution in [1.29, 1.82) is 0 Å². The Kier molecular flexibility index (Phi) is 5.07. The van der Waals surface area contributed by atoms with Gasteiger partial charge in [0.05, 0.1) is 6.61 Å². The van der Waals surface area contributed by atoms with E-state index in [1.165, 1.54) is 38.5 Å². The Hall–Kier alpha value is -0.120. The maximum absolute atomic E-state index is 9.33. The van der Waals surface area contributed by atoms with Crippen molar-refractivity contribution in [2.24, 2.45) is 11.8 Å². The minimum atomic E-state index is 0.346. The largest absolute Gasteiger partial charge is 0.396 e. The molecule has 3 heteroatoms. The summed E-state index contributed by atoms with van der Waals surface area (Å²) in [5.74, 6) is 1.17. The zero-order valence-electron chi connectivity index (χ0n) is 10.2. The summed E-state index contributed by atoms with van der Waals surface area (Å²) in [5.41, 5.74) is 0. The van der Waals surface area contributed by atoms with Crippen LogP contribution in [0, 0.1) is 11.8 Å². The Morgan fingerprint density at radius 1 is 1.12 bits per heavy atom. The second-order valence-corrected chi connectivity index (χ2v) is 5.33. The third-order valence-corrected chi connectivity index (χ3v) is 4.07. The monoisotopic (exact) mass is 227 g/mol. The van der Waals surface area contributed by atoms with Gasteiger partial charge in [0, 0.05) is 25.8 Å². The third-order valence-electron chi connectivity index (χ3n) is 4.07. The zero-order valence-corrected chi connectivity index (χ0v) is 10.2. The van der Waals surface area contributed by atoms with Crippen LogP contribution in [0.1, 0.15) is 38.5 Å². The zero-order chi connectivity index (χ0) is 11.2. The summed E-state index contributed by atoms with van der Waals surface area (Å²) >= 11 is 0. The molecule has 1 saturated heterocycles. The molecule has 0 aromatic heterocycles. The number of aliphatic hydroxyl groups excluding tert-OH is 1. The molecule has 3 atom stereocenters. The molecule has 0 aromatic rings. The van der Waals surface area contributed by atoms with E-state index < -0.39 is 0 Å². The number of nitrogens with one attached hydrogen (secondary N) is 1. The van der Waals surface area contributed by atoms with Crippen LogP contribution < -0.4 is 5.32 Å². The fraction of sp³-hybridized carbons (Fsp3) is 1.00. The van der Waals surface area contributed by atoms with Crippen molar-refractivity contribution in [1.82, 2.24) is 5.32 Å². The average Bonchev–Trinajstić information content (AvgIpc) is 2.38. The van der Waals surface area contributed by atoms with E-state index >= 15 is 0 Å². The molecule has 2 N–H and O–H groups in total. The molecule has 0 aromatic carbocycles. The highest BCUT2D eigenvalue weighted by Gasteiger charge is 2.25. The number of hydrogen-bond acceptors (Lipinski definition) is 3. The molecule has 3 unspecified atom stereocenters. The van der Waals surface area contributed by atoms with Gasteiger partial charge in [0.25, 0.3) is 0 Å². The summed E-state index contributed by atoms with van der Waals surface area (Å²) in [6.45, 7) is 3.28. The van der Waals surface area contributed by atoms with Crippen molar-refractivity contribution >= 4 is 0 Å². The van der Waals surface area contributed by atoms with Crippen LogP contribution in [0.3, 0.4) is 0 Å². The van der Waals surface area contributed by atoms with E-state index in [-0.39, 0.29) is 0 Å². The molecule has 2 rings (SSSR count). The lowest BCUT2D eigenvalue weighted by molar-refractivity contribution is 0.0506. The lowest BCUT2D eigenvalue weighted by atomic mass is 9.84. The maximum atomic E-state index is 9.33. The van der Waals surface area contributed by atoms with Crippen molar-refractivity contribution in [3.63, 3.8) is 0 Å². The third kappa shape index (κ3) is 3.44. The lowest BCUT2D eigenvalue weighted by Crippen LogP contribution is -2.43. The number of aliphatic hydroxyl groups is 1. The first-order chi connectivity index (χ1) is 7.90. The first kappa shape index (κ1) is 12.3. The van der Waals surface area contributed by atoms with Crippen molar-refractivity contribution in [3.05, 3.63) is 0 Å². The summed E-state index contributed by atoms with van der Waals surface area (Å²) in [4.78, 5) is 0. The molecule has 1 aliphatic heterocycles.